The lowest BCUT2D eigenvalue weighted by Gasteiger charge is -2.31. The third-order valence-electron chi connectivity index (χ3n) is 3.25. The molecule has 1 N–H and O–H groups in total. The van der Waals surface area contributed by atoms with Gasteiger partial charge in [0.25, 0.3) is 0 Å². The molecular formula is C14H20O3S. The van der Waals surface area contributed by atoms with Crippen LogP contribution in [0.25, 0.3) is 0 Å². The van der Waals surface area contributed by atoms with Gasteiger partial charge in [0.15, 0.2) is 0 Å². The van der Waals surface area contributed by atoms with Crippen molar-refractivity contribution in [1.29, 1.82) is 0 Å². The van der Waals surface area contributed by atoms with Crippen molar-refractivity contribution in [2.24, 2.45) is 0 Å². The summed E-state index contributed by atoms with van der Waals surface area (Å²) in [4.78, 5) is 1.10. The smallest absolute Gasteiger partial charge is 0.0714 e. The summed E-state index contributed by atoms with van der Waals surface area (Å²) in [6.07, 6.45) is 2.10. The highest BCUT2D eigenvalue weighted by molar-refractivity contribution is 7.94. The Bertz CT molecular complexity index is 358. The van der Waals surface area contributed by atoms with E-state index in [-0.39, 0.29) is 0 Å². The molecule has 2 rings (SSSR count). The molecule has 1 aliphatic heterocycles. The maximum Gasteiger partial charge on any atom is 0.0714 e. The fraction of sp³-hybridized carbons (Fsp3) is 0.571. The number of rotatable bonds is 5. The molecule has 1 aliphatic rings. The van der Waals surface area contributed by atoms with Crippen LogP contribution >= 0.6 is 12.0 Å². The van der Waals surface area contributed by atoms with Gasteiger partial charge in [-0.25, -0.2) is 0 Å². The Morgan fingerprint density at radius 2 is 1.94 bits per heavy atom. The molecule has 1 aromatic rings. The molecule has 0 atom stereocenters. The van der Waals surface area contributed by atoms with E-state index in [2.05, 4.69) is 19.1 Å². The van der Waals surface area contributed by atoms with Crippen LogP contribution < -0.4 is 0 Å². The summed E-state index contributed by atoms with van der Waals surface area (Å²) in [5.41, 5.74) is 0.655. The van der Waals surface area contributed by atoms with Crippen molar-refractivity contribution in [3.05, 3.63) is 29.8 Å². The van der Waals surface area contributed by atoms with Crippen molar-refractivity contribution in [1.82, 2.24) is 0 Å². The maximum absolute atomic E-state index is 10.2. The van der Waals surface area contributed by atoms with Gasteiger partial charge in [0.2, 0.25) is 0 Å². The number of aryl methyl sites for hydroxylation is 1. The first-order chi connectivity index (χ1) is 8.68. The van der Waals surface area contributed by atoms with Crippen molar-refractivity contribution in [2.75, 3.05) is 19.8 Å². The zero-order valence-electron chi connectivity index (χ0n) is 10.7. The molecule has 1 fully saturated rings. The standard InChI is InChI=1S/C14H20O3S/c1-12-2-4-13(5-3-12)18-17-11-8-14(15)6-9-16-10-7-14/h2-5,15H,6-11H2,1H3. The van der Waals surface area contributed by atoms with Gasteiger partial charge in [-0.1, -0.05) is 17.7 Å². The summed E-state index contributed by atoms with van der Waals surface area (Å²) < 4.78 is 10.8. The molecule has 100 valence electrons. The minimum Gasteiger partial charge on any atom is -0.390 e. The average molecular weight is 268 g/mol. The number of hydrogen-bond acceptors (Lipinski definition) is 4. The monoisotopic (exact) mass is 268 g/mol. The van der Waals surface area contributed by atoms with Crippen LogP contribution in [-0.2, 0) is 8.92 Å². The average Bonchev–Trinajstić information content (AvgIpc) is 2.38. The predicted molar refractivity (Wildman–Crippen MR) is 72.6 cm³/mol. The molecule has 1 heterocycles. The second kappa shape index (κ2) is 6.57. The predicted octanol–water partition coefficient (Wildman–Crippen LogP) is 2.95. The summed E-state index contributed by atoms with van der Waals surface area (Å²) >= 11 is 1.37. The van der Waals surface area contributed by atoms with E-state index in [1.54, 1.807) is 0 Å². The number of aliphatic hydroxyl groups is 1. The second-order valence-corrected chi connectivity index (χ2v) is 5.68. The highest BCUT2D eigenvalue weighted by Crippen LogP contribution is 2.26. The molecule has 0 saturated carbocycles. The van der Waals surface area contributed by atoms with Crippen molar-refractivity contribution < 1.29 is 14.0 Å². The van der Waals surface area contributed by atoms with Crippen LogP contribution in [0.15, 0.2) is 29.2 Å². The Hall–Kier alpha value is -0.550. The fourth-order valence-electron chi connectivity index (χ4n) is 1.94. The molecule has 1 aromatic carbocycles. The lowest BCUT2D eigenvalue weighted by atomic mass is 9.91. The Labute approximate surface area is 113 Å². The Morgan fingerprint density at radius 1 is 1.28 bits per heavy atom. The number of hydrogen-bond donors (Lipinski definition) is 1. The molecule has 0 aromatic heterocycles. The first-order valence-corrected chi connectivity index (χ1v) is 7.08. The van der Waals surface area contributed by atoms with Gasteiger partial charge in [-0.3, -0.25) is 0 Å². The molecule has 3 nitrogen and oxygen atoms in total. The van der Waals surface area contributed by atoms with E-state index in [0.29, 0.717) is 39.1 Å². The molecule has 0 bridgehead atoms. The normalized spacial score (nSPS) is 18.8. The molecule has 0 amide bonds. The maximum atomic E-state index is 10.2. The van der Waals surface area contributed by atoms with E-state index in [9.17, 15) is 5.11 Å². The molecule has 18 heavy (non-hydrogen) atoms. The minimum absolute atomic E-state index is 0.565. The zero-order valence-corrected chi connectivity index (χ0v) is 11.5. The van der Waals surface area contributed by atoms with Crippen molar-refractivity contribution >= 4 is 12.0 Å². The van der Waals surface area contributed by atoms with Crippen molar-refractivity contribution in [2.45, 2.75) is 36.7 Å². The van der Waals surface area contributed by atoms with E-state index < -0.39 is 5.60 Å². The molecule has 1 saturated heterocycles. The first-order valence-electron chi connectivity index (χ1n) is 6.34. The lowest BCUT2D eigenvalue weighted by Crippen LogP contribution is -2.36. The van der Waals surface area contributed by atoms with Gasteiger partial charge in [0.05, 0.1) is 12.2 Å². The van der Waals surface area contributed by atoms with Crippen LogP contribution in [0.2, 0.25) is 0 Å². The minimum atomic E-state index is -0.591. The summed E-state index contributed by atoms with van der Waals surface area (Å²) in [6, 6.07) is 8.22. The summed E-state index contributed by atoms with van der Waals surface area (Å²) in [5, 5.41) is 10.2. The molecular weight excluding hydrogens is 248 g/mol. The SMILES string of the molecule is Cc1ccc(SOCCC2(O)CCOCC2)cc1. The van der Waals surface area contributed by atoms with E-state index >= 15 is 0 Å². The van der Waals surface area contributed by atoms with Gasteiger partial charge in [-0.15, -0.1) is 0 Å². The van der Waals surface area contributed by atoms with E-state index in [4.69, 9.17) is 8.92 Å². The van der Waals surface area contributed by atoms with Crippen LogP contribution in [0, 0.1) is 6.92 Å². The number of benzene rings is 1. The highest BCUT2D eigenvalue weighted by atomic mass is 32.2. The van der Waals surface area contributed by atoms with Crippen LogP contribution in [0.5, 0.6) is 0 Å². The summed E-state index contributed by atoms with van der Waals surface area (Å²) in [7, 11) is 0. The fourth-order valence-corrected chi connectivity index (χ4v) is 2.49. The molecule has 0 spiro atoms. The Morgan fingerprint density at radius 3 is 2.61 bits per heavy atom. The lowest BCUT2D eigenvalue weighted by molar-refractivity contribution is -0.0722. The van der Waals surface area contributed by atoms with Crippen LogP contribution in [0.3, 0.4) is 0 Å². The molecule has 0 aliphatic carbocycles. The van der Waals surface area contributed by atoms with Gasteiger partial charge in [0, 0.05) is 36.6 Å². The van der Waals surface area contributed by atoms with Gasteiger partial charge in [0.1, 0.15) is 0 Å². The van der Waals surface area contributed by atoms with Gasteiger partial charge >= 0.3 is 0 Å². The van der Waals surface area contributed by atoms with Gasteiger partial charge in [-0.2, -0.15) is 0 Å². The van der Waals surface area contributed by atoms with Crippen LogP contribution in [-0.4, -0.2) is 30.5 Å². The highest BCUT2D eigenvalue weighted by Gasteiger charge is 2.29. The first kappa shape index (κ1) is 13.9. The zero-order chi connectivity index (χ0) is 12.8. The molecule has 0 radical (unpaired) electrons. The third kappa shape index (κ3) is 4.28. The van der Waals surface area contributed by atoms with Crippen molar-refractivity contribution in [3.8, 4) is 0 Å². The van der Waals surface area contributed by atoms with Gasteiger partial charge in [-0.05, 0) is 31.9 Å². The van der Waals surface area contributed by atoms with Crippen molar-refractivity contribution in [3.63, 3.8) is 0 Å². The summed E-state index contributed by atoms with van der Waals surface area (Å²) in [5.74, 6) is 0. The van der Waals surface area contributed by atoms with E-state index in [1.807, 2.05) is 12.1 Å². The van der Waals surface area contributed by atoms with E-state index in [1.165, 1.54) is 17.6 Å². The molecule has 4 heteroatoms. The third-order valence-corrected chi connectivity index (χ3v) is 4.00. The Balaban J connectivity index is 1.67. The van der Waals surface area contributed by atoms with Gasteiger partial charge < -0.3 is 14.0 Å². The summed E-state index contributed by atoms with van der Waals surface area (Å²) in [6.45, 7) is 3.94. The van der Waals surface area contributed by atoms with Crippen LogP contribution in [0.4, 0.5) is 0 Å². The topological polar surface area (TPSA) is 38.7 Å². The Kier molecular flexibility index (Phi) is 5.06. The quantitative estimate of drug-likeness (QED) is 0.658. The number of ether oxygens (including phenoxy) is 1. The second-order valence-electron chi connectivity index (χ2n) is 4.81. The van der Waals surface area contributed by atoms with Crippen LogP contribution in [0.1, 0.15) is 24.8 Å². The van der Waals surface area contributed by atoms with E-state index in [0.717, 1.165) is 4.90 Å². The largest absolute Gasteiger partial charge is 0.390 e. The molecule has 0 unspecified atom stereocenters.